The summed E-state index contributed by atoms with van der Waals surface area (Å²) in [6, 6.07) is 11.8. The molecule has 1 amide bonds. The Morgan fingerprint density at radius 3 is 2.64 bits per heavy atom. The van der Waals surface area contributed by atoms with Gasteiger partial charge >= 0.3 is 0 Å². The van der Waals surface area contributed by atoms with E-state index in [2.05, 4.69) is 5.32 Å². The number of hydrogen-bond acceptors (Lipinski definition) is 4. The second-order valence-electron chi connectivity index (χ2n) is 6.66. The number of hydrogen-bond donors (Lipinski definition) is 1. The van der Waals surface area contributed by atoms with Crippen LogP contribution in [0.25, 0.3) is 0 Å². The summed E-state index contributed by atoms with van der Waals surface area (Å²) in [5.74, 6) is 0.190. The molecule has 0 radical (unpaired) electrons. The molecule has 1 fully saturated rings. The first-order chi connectivity index (χ1) is 13.4. The van der Waals surface area contributed by atoms with E-state index in [1.165, 1.54) is 16.4 Å². The number of carbonyl (C=O) groups excluding carboxylic acids is 1. The van der Waals surface area contributed by atoms with Crippen LogP contribution >= 0.6 is 0 Å². The highest BCUT2D eigenvalue weighted by atomic mass is 32.2. The molecule has 1 aliphatic heterocycles. The number of carbonyl (C=O) groups is 1. The van der Waals surface area contributed by atoms with E-state index >= 15 is 0 Å². The number of sulfonamides is 1. The Bertz CT molecular complexity index is 931. The molecule has 2 aromatic rings. The van der Waals surface area contributed by atoms with E-state index in [4.69, 9.17) is 4.74 Å². The van der Waals surface area contributed by atoms with E-state index in [0.717, 1.165) is 0 Å². The van der Waals surface area contributed by atoms with Gasteiger partial charge in [0.05, 0.1) is 5.75 Å². The van der Waals surface area contributed by atoms with Gasteiger partial charge in [0, 0.05) is 18.3 Å². The van der Waals surface area contributed by atoms with Gasteiger partial charge < -0.3 is 10.1 Å². The summed E-state index contributed by atoms with van der Waals surface area (Å²) in [5.41, 5.74) is 0.538. The average Bonchev–Trinajstić information content (AvgIpc) is 3.14. The SMILES string of the molecule is CCCS(=O)(=O)N1CCCC1C(=O)Nc1ccc(Oc2cccc(F)c2)cc1. The molecule has 0 bridgehead atoms. The van der Waals surface area contributed by atoms with Crippen LogP contribution in [0.15, 0.2) is 48.5 Å². The van der Waals surface area contributed by atoms with Crippen molar-refractivity contribution in [3.63, 3.8) is 0 Å². The summed E-state index contributed by atoms with van der Waals surface area (Å²) < 4.78 is 44.8. The molecule has 1 N–H and O–H groups in total. The van der Waals surface area contributed by atoms with E-state index in [-0.39, 0.29) is 17.5 Å². The third-order valence-electron chi connectivity index (χ3n) is 4.48. The number of benzene rings is 2. The lowest BCUT2D eigenvalue weighted by Crippen LogP contribution is -2.44. The highest BCUT2D eigenvalue weighted by Gasteiger charge is 2.38. The molecular formula is C20H23FN2O4S. The average molecular weight is 406 g/mol. The molecule has 2 aromatic carbocycles. The Morgan fingerprint density at radius 2 is 1.96 bits per heavy atom. The van der Waals surface area contributed by atoms with Crippen LogP contribution in [0.1, 0.15) is 26.2 Å². The van der Waals surface area contributed by atoms with Crippen LogP contribution in [0, 0.1) is 5.82 Å². The van der Waals surface area contributed by atoms with Crippen molar-refractivity contribution < 1.29 is 22.3 Å². The second kappa shape index (κ2) is 8.70. The highest BCUT2D eigenvalue weighted by molar-refractivity contribution is 7.89. The molecule has 28 heavy (non-hydrogen) atoms. The predicted molar refractivity (Wildman–Crippen MR) is 105 cm³/mol. The molecular weight excluding hydrogens is 383 g/mol. The lowest BCUT2D eigenvalue weighted by molar-refractivity contribution is -0.119. The Hall–Kier alpha value is -2.45. The molecule has 150 valence electrons. The monoisotopic (exact) mass is 406 g/mol. The molecule has 1 unspecified atom stereocenters. The number of nitrogens with one attached hydrogen (secondary N) is 1. The number of ether oxygens (including phenoxy) is 1. The first-order valence-corrected chi connectivity index (χ1v) is 10.8. The zero-order valence-electron chi connectivity index (χ0n) is 15.6. The minimum atomic E-state index is -3.42. The maximum atomic E-state index is 13.2. The lowest BCUT2D eigenvalue weighted by atomic mass is 10.2. The second-order valence-corrected chi connectivity index (χ2v) is 8.70. The maximum absolute atomic E-state index is 13.2. The number of rotatable bonds is 7. The Balaban J connectivity index is 1.64. The number of anilines is 1. The van der Waals surface area contributed by atoms with Crippen LogP contribution in [0.3, 0.4) is 0 Å². The van der Waals surface area contributed by atoms with Gasteiger partial charge in [-0.3, -0.25) is 4.79 Å². The lowest BCUT2D eigenvalue weighted by Gasteiger charge is -2.23. The van der Waals surface area contributed by atoms with Gasteiger partial charge in [0.25, 0.3) is 0 Å². The molecule has 0 aromatic heterocycles. The van der Waals surface area contributed by atoms with E-state index in [1.807, 2.05) is 0 Å². The third kappa shape index (κ3) is 4.88. The van der Waals surface area contributed by atoms with Crippen LogP contribution in [0.5, 0.6) is 11.5 Å². The van der Waals surface area contributed by atoms with Gasteiger partial charge in [0.1, 0.15) is 23.4 Å². The van der Waals surface area contributed by atoms with Crippen molar-refractivity contribution in [1.29, 1.82) is 0 Å². The molecule has 0 aliphatic carbocycles. The van der Waals surface area contributed by atoms with E-state index in [1.54, 1.807) is 43.3 Å². The minimum Gasteiger partial charge on any atom is -0.457 e. The molecule has 1 heterocycles. The summed E-state index contributed by atoms with van der Waals surface area (Å²) >= 11 is 0. The quantitative estimate of drug-likeness (QED) is 0.760. The van der Waals surface area contributed by atoms with Gasteiger partial charge in [-0.15, -0.1) is 0 Å². The molecule has 3 rings (SSSR count). The maximum Gasteiger partial charge on any atom is 0.242 e. The summed E-state index contributed by atoms with van der Waals surface area (Å²) in [6.45, 7) is 2.18. The van der Waals surface area contributed by atoms with Crippen molar-refractivity contribution in [2.45, 2.75) is 32.2 Å². The summed E-state index contributed by atoms with van der Waals surface area (Å²) in [6.07, 6.45) is 1.69. The minimum absolute atomic E-state index is 0.0445. The predicted octanol–water partition coefficient (Wildman–Crippen LogP) is 3.76. The molecule has 8 heteroatoms. The number of amides is 1. The van der Waals surface area contributed by atoms with Crippen LogP contribution < -0.4 is 10.1 Å². The van der Waals surface area contributed by atoms with Crippen molar-refractivity contribution in [3.8, 4) is 11.5 Å². The Morgan fingerprint density at radius 1 is 1.21 bits per heavy atom. The Labute approximate surface area is 164 Å². The van der Waals surface area contributed by atoms with Crippen molar-refractivity contribution in [3.05, 3.63) is 54.3 Å². The molecule has 0 saturated carbocycles. The molecule has 1 atom stereocenters. The zero-order valence-corrected chi connectivity index (χ0v) is 16.4. The number of halogens is 1. The Kier molecular flexibility index (Phi) is 6.31. The van der Waals surface area contributed by atoms with E-state index in [9.17, 15) is 17.6 Å². The molecule has 1 saturated heterocycles. The first-order valence-electron chi connectivity index (χ1n) is 9.23. The smallest absolute Gasteiger partial charge is 0.242 e. The van der Waals surface area contributed by atoms with Crippen molar-refractivity contribution >= 4 is 21.6 Å². The van der Waals surface area contributed by atoms with Gasteiger partial charge in [-0.05, 0) is 55.7 Å². The largest absolute Gasteiger partial charge is 0.457 e. The normalized spacial score (nSPS) is 17.4. The number of nitrogens with zero attached hydrogens (tertiary/aromatic N) is 1. The van der Waals surface area contributed by atoms with Crippen molar-refractivity contribution in [1.82, 2.24) is 4.31 Å². The van der Waals surface area contributed by atoms with Crippen LogP contribution in [0.4, 0.5) is 10.1 Å². The molecule has 6 nitrogen and oxygen atoms in total. The standard InChI is InChI=1S/C20H23FN2O4S/c1-2-13-28(25,26)23-12-4-7-19(23)20(24)22-16-8-10-17(11-9-16)27-18-6-3-5-15(21)14-18/h3,5-6,8-11,14,19H,2,4,7,12-13H2,1H3,(H,22,24). The van der Waals surface area contributed by atoms with Crippen LogP contribution in [0.2, 0.25) is 0 Å². The van der Waals surface area contributed by atoms with Gasteiger partial charge in [-0.25, -0.2) is 12.8 Å². The van der Waals surface area contributed by atoms with Gasteiger partial charge in [-0.1, -0.05) is 13.0 Å². The fourth-order valence-corrected chi connectivity index (χ4v) is 4.96. The van der Waals surface area contributed by atoms with Gasteiger partial charge in [0.2, 0.25) is 15.9 Å². The first kappa shape index (κ1) is 20.3. The van der Waals surface area contributed by atoms with E-state index < -0.39 is 16.1 Å². The highest BCUT2D eigenvalue weighted by Crippen LogP contribution is 2.26. The molecule has 1 aliphatic rings. The fraction of sp³-hybridized carbons (Fsp3) is 0.350. The summed E-state index contributed by atoms with van der Waals surface area (Å²) in [4.78, 5) is 12.6. The van der Waals surface area contributed by atoms with Gasteiger partial charge in [-0.2, -0.15) is 4.31 Å². The van der Waals surface area contributed by atoms with Gasteiger partial charge in [0.15, 0.2) is 0 Å². The van der Waals surface area contributed by atoms with Crippen molar-refractivity contribution in [2.75, 3.05) is 17.6 Å². The van der Waals surface area contributed by atoms with E-state index in [0.29, 0.717) is 43.0 Å². The van der Waals surface area contributed by atoms with Crippen LogP contribution in [-0.2, 0) is 14.8 Å². The summed E-state index contributed by atoms with van der Waals surface area (Å²) in [5, 5.41) is 2.77. The van der Waals surface area contributed by atoms with Crippen LogP contribution in [-0.4, -0.2) is 37.0 Å². The van der Waals surface area contributed by atoms with Crippen molar-refractivity contribution in [2.24, 2.45) is 0 Å². The topological polar surface area (TPSA) is 75.7 Å². The summed E-state index contributed by atoms with van der Waals surface area (Å²) in [7, 11) is -3.42. The molecule has 0 spiro atoms. The zero-order chi connectivity index (χ0) is 20.1. The fourth-order valence-electron chi connectivity index (χ4n) is 3.21. The third-order valence-corrected chi connectivity index (χ3v) is 6.56.